The van der Waals surface area contributed by atoms with E-state index in [2.05, 4.69) is 41.2 Å². The summed E-state index contributed by atoms with van der Waals surface area (Å²) < 4.78 is 1.02. The molecule has 0 aliphatic heterocycles. The maximum absolute atomic E-state index is 12.2. The van der Waals surface area contributed by atoms with Crippen molar-refractivity contribution in [2.75, 3.05) is 17.6 Å². The number of pyridine rings is 2. The summed E-state index contributed by atoms with van der Waals surface area (Å²) in [4.78, 5) is 27.9. The Morgan fingerprint density at radius 3 is 2.57 bits per heavy atom. The lowest BCUT2D eigenvalue weighted by Crippen LogP contribution is -2.18. The van der Waals surface area contributed by atoms with E-state index in [-0.39, 0.29) is 42.8 Å². The van der Waals surface area contributed by atoms with Crippen LogP contribution in [0.2, 0.25) is 0 Å². The SMILES string of the molecule is Cc1ccc(Cc2cnc(NCCSCc3ncccc3Br)[nH]c2=O)cn1.Cl.Cl.Cl. The molecule has 0 aliphatic carbocycles. The molecular formula is C19H23BrCl3N5OS. The minimum atomic E-state index is -0.127. The Balaban J connectivity index is 0.00000280. The zero-order valence-electron chi connectivity index (χ0n) is 16.1. The normalized spacial score (nSPS) is 9.67. The second-order valence-corrected chi connectivity index (χ2v) is 7.94. The molecular weight excluding hydrogens is 533 g/mol. The van der Waals surface area contributed by atoms with Crippen LogP contribution in [0, 0.1) is 6.92 Å². The van der Waals surface area contributed by atoms with Gasteiger partial charge in [0.2, 0.25) is 5.95 Å². The summed E-state index contributed by atoms with van der Waals surface area (Å²) in [7, 11) is 0. The van der Waals surface area contributed by atoms with Gasteiger partial charge in [-0.3, -0.25) is 19.7 Å². The maximum Gasteiger partial charge on any atom is 0.255 e. The molecule has 0 aliphatic rings. The van der Waals surface area contributed by atoms with Gasteiger partial charge in [0.1, 0.15) is 0 Å². The van der Waals surface area contributed by atoms with Gasteiger partial charge in [0, 0.05) is 58.8 Å². The zero-order chi connectivity index (χ0) is 19.1. The Kier molecular flexibility index (Phi) is 14.0. The van der Waals surface area contributed by atoms with Crippen LogP contribution in [0.5, 0.6) is 0 Å². The third-order valence-electron chi connectivity index (χ3n) is 3.85. The third kappa shape index (κ3) is 8.81. The van der Waals surface area contributed by atoms with Crippen molar-refractivity contribution in [1.29, 1.82) is 0 Å². The molecule has 0 unspecified atom stereocenters. The monoisotopic (exact) mass is 553 g/mol. The summed E-state index contributed by atoms with van der Waals surface area (Å²) in [6.45, 7) is 2.64. The fourth-order valence-electron chi connectivity index (χ4n) is 2.39. The summed E-state index contributed by atoms with van der Waals surface area (Å²) in [6.07, 6.45) is 5.73. The largest absolute Gasteiger partial charge is 0.355 e. The van der Waals surface area contributed by atoms with E-state index >= 15 is 0 Å². The van der Waals surface area contributed by atoms with Crippen LogP contribution in [-0.2, 0) is 12.2 Å². The molecule has 11 heteroatoms. The fraction of sp³-hybridized carbons (Fsp3) is 0.263. The highest BCUT2D eigenvalue weighted by atomic mass is 79.9. The summed E-state index contributed by atoms with van der Waals surface area (Å²) in [5.74, 6) is 2.20. The molecule has 6 nitrogen and oxygen atoms in total. The van der Waals surface area contributed by atoms with Crippen molar-refractivity contribution in [1.82, 2.24) is 19.9 Å². The number of rotatable bonds is 8. The summed E-state index contributed by atoms with van der Waals surface area (Å²) >= 11 is 5.27. The van der Waals surface area contributed by atoms with Gasteiger partial charge >= 0.3 is 0 Å². The van der Waals surface area contributed by atoms with E-state index in [0.717, 1.165) is 32.9 Å². The van der Waals surface area contributed by atoms with Crippen LogP contribution >= 0.6 is 64.9 Å². The van der Waals surface area contributed by atoms with Gasteiger partial charge in [-0.2, -0.15) is 11.8 Å². The highest BCUT2D eigenvalue weighted by Gasteiger charge is 2.05. The summed E-state index contributed by atoms with van der Waals surface area (Å²) in [5.41, 5.74) is 3.48. The van der Waals surface area contributed by atoms with Gasteiger partial charge in [0.05, 0.1) is 5.69 Å². The lowest BCUT2D eigenvalue weighted by atomic mass is 10.1. The van der Waals surface area contributed by atoms with Crippen molar-refractivity contribution >= 4 is 70.9 Å². The molecule has 164 valence electrons. The molecule has 30 heavy (non-hydrogen) atoms. The van der Waals surface area contributed by atoms with Crippen LogP contribution in [-0.4, -0.2) is 32.2 Å². The molecule has 0 aromatic carbocycles. The first kappa shape index (κ1) is 28.7. The average Bonchev–Trinajstić information content (AvgIpc) is 2.67. The maximum atomic E-state index is 12.2. The van der Waals surface area contributed by atoms with Crippen LogP contribution in [0.3, 0.4) is 0 Å². The topological polar surface area (TPSA) is 83.6 Å². The summed E-state index contributed by atoms with van der Waals surface area (Å²) in [5, 5.41) is 3.15. The van der Waals surface area contributed by atoms with Crippen molar-refractivity contribution in [3.05, 3.63) is 80.2 Å². The van der Waals surface area contributed by atoms with Gasteiger partial charge in [-0.05, 0) is 46.6 Å². The van der Waals surface area contributed by atoms with Crippen molar-refractivity contribution in [2.24, 2.45) is 0 Å². The van der Waals surface area contributed by atoms with Gasteiger partial charge in [0.25, 0.3) is 5.56 Å². The number of nitrogens with one attached hydrogen (secondary N) is 2. The summed E-state index contributed by atoms with van der Waals surface area (Å²) in [6, 6.07) is 7.81. The Labute approximate surface area is 206 Å². The van der Waals surface area contributed by atoms with Gasteiger partial charge in [0.15, 0.2) is 0 Å². The number of halogens is 4. The molecule has 0 spiro atoms. The molecule has 2 N–H and O–H groups in total. The Bertz CT molecular complexity index is 959. The Morgan fingerprint density at radius 2 is 1.90 bits per heavy atom. The van der Waals surface area contributed by atoms with Gasteiger partial charge < -0.3 is 5.32 Å². The first-order valence-electron chi connectivity index (χ1n) is 8.52. The van der Waals surface area contributed by atoms with Crippen molar-refractivity contribution < 1.29 is 0 Å². The quantitative estimate of drug-likeness (QED) is 0.388. The minimum absolute atomic E-state index is 0. The third-order valence-corrected chi connectivity index (χ3v) is 5.54. The molecule has 3 rings (SSSR count). The minimum Gasteiger partial charge on any atom is -0.355 e. The highest BCUT2D eigenvalue weighted by molar-refractivity contribution is 9.10. The van der Waals surface area contributed by atoms with Crippen LogP contribution < -0.4 is 10.9 Å². The van der Waals surface area contributed by atoms with Gasteiger partial charge in [-0.25, -0.2) is 4.98 Å². The fourth-order valence-corrected chi connectivity index (χ4v) is 3.79. The number of nitrogens with zero attached hydrogens (tertiary/aromatic N) is 3. The number of aromatic amines is 1. The smallest absolute Gasteiger partial charge is 0.255 e. The predicted molar refractivity (Wildman–Crippen MR) is 135 cm³/mol. The van der Waals surface area contributed by atoms with Crippen molar-refractivity contribution in [3.63, 3.8) is 0 Å². The van der Waals surface area contributed by atoms with Crippen molar-refractivity contribution in [3.8, 4) is 0 Å². The standard InChI is InChI=1S/C19H20BrN5OS.3ClH/c1-13-4-5-14(10-23-13)9-15-11-24-19(25-18(15)26)22-7-8-27-12-17-16(20)3-2-6-21-17;;;/h2-6,10-11H,7-9,12H2,1H3,(H2,22,24,25,26);3*1H. The molecule has 3 aromatic rings. The van der Waals surface area contributed by atoms with Crippen LogP contribution in [0.15, 0.2) is 52.1 Å². The van der Waals surface area contributed by atoms with E-state index < -0.39 is 0 Å². The molecule has 0 saturated carbocycles. The number of H-pyrrole nitrogens is 1. The molecule has 0 amide bonds. The second kappa shape index (κ2) is 14.6. The van der Waals surface area contributed by atoms with E-state index in [1.165, 1.54) is 0 Å². The van der Waals surface area contributed by atoms with Crippen LogP contribution in [0.25, 0.3) is 0 Å². The van der Waals surface area contributed by atoms with E-state index in [4.69, 9.17) is 0 Å². The molecule has 3 heterocycles. The van der Waals surface area contributed by atoms with E-state index in [1.54, 1.807) is 30.4 Å². The van der Waals surface area contributed by atoms with E-state index in [9.17, 15) is 4.79 Å². The lowest BCUT2D eigenvalue weighted by molar-refractivity contribution is 0.999. The molecule has 3 aromatic heterocycles. The number of hydrogen-bond acceptors (Lipinski definition) is 6. The first-order valence-corrected chi connectivity index (χ1v) is 10.5. The van der Waals surface area contributed by atoms with Crippen LogP contribution in [0.4, 0.5) is 5.95 Å². The molecule has 0 fully saturated rings. The zero-order valence-corrected chi connectivity index (χ0v) is 21.0. The molecule has 0 bridgehead atoms. The molecule has 0 atom stereocenters. The number of hydrogen-bond donors (Lipinski definition) is 2. The Hall–Kier alpha value is -1.32. The first-order chi connectivity index (χ1) is 13.1. The lowest BCUT2D eigenvalue weighted by Gasteiger charge is -2.07. The number of anilines is 1. The number of aromatic nitrogens is 4. The average molecular weight is 556 g/mol. The molecule has 0 saturated heterocycles. The van der Waals surface area contributed by atoms with Gasteiger partial charge in [-0.1, -0.05) is 6.07 Å². The van der Waals surface area contributed by atoms with Gasteiger partial charge in [-0.15, -0.1) is 37.2 Å². The molecule has 0 radical (unpaired) electrons. The number of aryl methyl sites for hydroxylation is 1. The predicted octanol–water partition coefficient (Wildman–Crippen LogP) is 4.83. The van der Waals surface area contributed by atoms with E-state index in [1.807, 2.05) is 31.2 Å². The van der Waals surface area contributed by atoms with E-state index in [0.29, 0.717) is 24.5 Å². The highest BCUT2D eigenvalue weighted by Crippen LogP contribution is 2.18. The Morgan fingerprint density at radius 1 is 1.10 bits per heavy atom. The second-order valence-electron chi connectivity index (χ2n) is 5.98. The number of thioether (sulfide) groups is 1. The van der Waals surface area contributed by atoms with Crippen LogP contribution in [0.1, 0.15) is 22.5 Å². The van der Waals surface area contributed by atoms with Crippen molar-refractivity contribution in [2.45, 2.75) is 19.1 Å².